The monoisotopic (exact) mass is 684 g/mol. The molecule has 7 rings (SSSR count). The number of carboxylic acid groups (broad SMARTS) is 2. The first kappa shape index (κ1) is 34.2. The molecule has 0 bridgehead atoms. The van der Waals surface area contributed by atoms with E-state index >= 15 is 0 Å². The second-order valence-electron chi connectivity index (χ2n) is 17.6. The molecule has 1 heterocycles. The van der Waals surface area contributed by atoms with E-state index in [-0.39, 0.29) is 38.4 Å². The van der Waals surface area contributed by atoms with E-state index < -0.39 is 17.4 Å². The molecule has 4 fully saturated rings. The third-order valence-electron chi connectivity index (χ3n) is 15.5. The van der Waals surface area contributed by atoms with Crippen molar-refractivity contribution < 1.29 is 24.6 Å². The first-order chi connectivity index (χ1) is 23.0. The van der Waals surface area contributed by atoms with Crippen LogP contribution in [-0.2, 0) is 4.79 Å². The van der Waals surface area contributed by atoms with Gasteiger partial charge in [0.25, 0.3) is 0 Å². The van der Waals surface area contributed by atoms with Gasteiger partial charge in [-0.25, -0.2) is 14.6 Å². The Kier molecular flexibility index (Phi) is 7.94. The van der Waals surface area contributed by atoms with E-state index in [1.165, 1.54) is 23.8 Å². The molecule has 4 saturated carbocycles. The van der Waals surface area contributed by atoms with Crippen LogP contribution in [0, 0.1) is 56.7 Å². The van der Waals surface area contributed by atoms with Crippen LogP contribution in [0.4, 0.5) is 5.13 Å². The number of thiazole rings is 1. The maximum Gasteiger partial charge on any atom is 0.347 e. The minimum atomic E-state index is -1.03. The van der Waals surface area contributed by atoms with Gasteiger partial charge in [-0.1, -0.05) is 76.3 Å². The number of hydrogen-bond donors (Lipinski definition) is 3. The number of carboxylic acids is 2. The Bertz CT molecular complexity index is 1760. The topological polar surface area (TPSA) is 117 Å². The number of amides is 1. The number of rotatable bonds is 6. The van der Waals surface area contributed by atoms with Gasteiger partial charge in [-0.3, -0.25) is 4.79 Å². The van der Waals surface area contributed by atoms with E-state index in [4.69, 9.17) is 0 Å². The number of hydrogen-bond acceptors (Lipinski definition) is 5. The highest BCUT2D eigenvalue weighted by Crippen LogP contribution is 2.77. The largest absolute Gasteiger partial charge is 0.478 e. The fourth-order valence-corrected chi connectivity index (χ4v) is 13.7. The van der Waals surface area contributed by atoms with Crippen LogP contribution in [0.2, 0.25) is 0 Å². The minimum absolute atomic E-state index is 0.0145. The van der Waals surface area contributed by atoms with Crippen molar-refractivity contribution in [2.75, 3.05) is 5.32 Å². The van der Waals surface area contributed by atoms with Crippen molar-refractivity contribution in [1.29, 1.82) is 0 Å². The zero-order chi connectivity index (χ0) is 35.3. The van der Waals surface area contributed by atoms with E-state index in [9.17, 15) is 24.6 Å². The summed E-state index contributed by atoms with van der Waals surface area (Å²) >= 11 is 1.03. The third-order valence-corrected chi connectivity index (χ3v) is 16.4. The lowest BCUT2D eigenvalue weighted by molar-refractivity contribution is -0.224. The molecular formula is C41H52N2O5S. The number of aromatic nitrogens is 1. The van der Waals surface area contributed by atoms with E-state index in [0.29, 0.717) is 34.4 Å². The average molecular weight is 685 g/mol. The SMILES string of the molecule is C=C(C)[C@@H]1CC[C@]2(C(=O)Nc3ncc(C(=O)O)s3)CC[C@]3(C)[C@H](CCC4[C@@]5(C)CC=C(c6ccc(C(=O)O)cc6)C(C)(C)[C@@H]5CC[C@]43C)C12. The Morgan fingerprint density at radius 3 is 2.22 bits per heavy atom. The number of benzene rings is 1. The molecule has 2 unspecified atom stereocenters. The number of carbonyl (C=O) groups excluding carboxylic acids is 1. The molecule has 9 atom stereocenters. The molecule has 0 radical (unpaired) electrons. The second kappa shape index (κ2) is 11.4. The summed E-state index contributed by atoms with van der Waals surface area (Å²) in [4.78, 5) is 41.9. The standard InChI is InChI=1S/C41H52N2O5S/c1-23(2)26-14-19-41(35(48)43-36-42-22-29(49-36)34(46)47)21-20-39(6)28(32(26)41)12-13-31-38(5)17-15-27(24-8-10-25(11-9-24)33(44)45)37(3,4)30(38)16-18-40(31,39)7/h8-11,15,22,26,28,30-32H,1,12-14,16-21H2,2-7H3,(H,44,45)(H,46,47)(H,42,43,48)/t26-,28+,30-,31?,32?,38-,39+,40+,41-/m0/s1. The Morgan fingerprint density at radius 2 is 1.59 bits per heavy atom. The summed E-state index contributed by atoms with van der Waals surface area (Å²) in [6.45, 7) is 19.2. The van der Waals surface area contributed by atoms with Crippen LogP contribution in [0.15, 0.2) is 48.7 Å². The summed E-state index contributed by atoms with van der Waals surface area (Å²) in [7, 11) is 0. The molecule has 5 aliphatic carbocycles. The molecule has 3 N–H and O–H groups in total. The zero-order valence-corrected chi connectivity index (χ0v) is 30.7. The lowest BCUT2D eigenvalue weighted by Gasteiger charge is -2.72. The summed E-state index contributed by atoms with van der Waals surface area (Å²) in [5.41, 5.74) is 3.76. The number of carbonyl (C=O) groups is 3. The predicted molar refractivity (Wildman–Crippen MR) is 193 cm³/mol. The molecule has 0 spiro atoms. The lowest BCUT2D eigenvalue weighted by atomic mass is 9.32. The van der Waals surface area contributed by atoms with Gasteiger partial charge in [0.05, 0.1) is 17.2 Å². The average Bonchev–Trinajstić information content (AvgIpc) is 3.67. The molecular weight excluding hydrogens is 633 g/mol. The first-order valence-electron chi connectivity index (χ1n) is 18.2. The highest BCUT2D eigenvalue weighted by Gasteiger charge is 2.71. The van der Waals surface area contributed by atoms with Gasteiger partial charge in [-0.15, -0.1) is 0 Å². The van der Waals surface area contributed by atoms with Gasteiger partial charge in [0.2, 0.25) is 5.91 Å². The number of nitrogens with zero attached hydrogens (tertiary/aromatic N) is 1. The molecule has 1 aromatic carbocycles. The van der Waals surface area contributed by atoms with E-state index in [2.05, 4.69) is 64.5 Å². The smallest absolute Gasteiger partial charge is 0.347 e. The molecule has 0 saturated heterocycles. The third kappa shape index (κ3) is 4.78. The van der Waals surface area contributed by atoms with Crippen LogP contribution >= 0.6 is 11.3 Å². The number of aromatic carboxylic acids is 2. The Morgan fingerprint density at radius 1 is 0.878 bits per heavy atom. The molecule has 2 aromatic rings. The molecule has 7 nitrogen and oxygen atoms in total. The van der Waals surface area contributed by atoms with Gasteiger partial charge in [0.15, 0.2) is 5.13 Å². The van der Waals surface area contributed by atoms with Crippen LogP contribution < -0.4 is 5.32 Å². The maximum atomic E-state index is 14.4. The normalized spacial score (nSPS) is 39.0. The van der Waals surface area contributed by atoms with Crippen LogP contribution in [0.3, 0.4) is 0 Å². The molecule has 0 aliphatic heterocycles. The van der Waals surface area contributed by atoms with E-state index in [1.54, 1.807) is 12.1 Å². The Hall–Kier alpha value is -3.26. The van der Waals surface area contributed by atoms with Gasteiger partial charge in [0, 0.05) is 0 Å². The molecule has 1 amide bonds. The fraction of sp³-hybridized carbons (Fsp3) is 0.610. The van der Waals surface area contributed by atoms with E-state index in [1.807, 2.05) is 12.1 Å². The first-order valence-corrected chi connectivity index (χ1v) is 19.0. The van der Waals surface area contributed by atoms with Crippen molar-refractivity contribution in [3.05, 3.63) is 64.7 Å². The van der Waals surface area contributed by atoms with Gasteiger partial charge < -0.3 is 15.5 Å². The summed E-state index contributed by atoms with van der Waals surface area (Å²) in [5.74, 6) is 0.0556. The number of fused-ring (bicyclic) bond motifs is 7. The summed E-state index contributed by atoms with van der Waals surface area (Å²) in [5, 5.41) is 22.4. The van der Waals surface area contributed by atoms with Crippen molar-refractivity contribution in [2.24, 2.45) is 56.7 Å². The number of anilines is 1. The van der Waals surface area contributed by atoms with Gasteiger partial charge in [-0.2, -0.15) is 0 Å². The summed E-state index contributed by atoms with van der Waals surface area (Å²) in [6.07, 6.45) is 13.1. The van der Waals surface area contributed by atoms with Crippen molar-refractivity contribution in [2.45, 2.75) is 99.3 Å². The van der Waals surface area contributed by atoms with Crippen LogP contribution in [0.25, 0.3) is 5.57 Å². The minimum Gasteiger partial charge on any atom is -0.478 e. The van der Waals surface area contributed by atoms with Crippen molar-refractivity contribution in [3.63, 3.8) is 0 Å². The Balaban J connectivity index is 1.21. The molecule has 5 aliphatic rings. The van der Waals surface area contributed by atoms with Crippen LogP contribution in [0.5, 0.6) is 0 Å². The highest BCUT2D eigenvalue weighted by atomic mass is 32.1. The molecule has 8 heteroatoms. The van der Waals surface area contributed by atoms with Crippen molar-refractivity contribution in [1.82, 2.24) is 4.98 Å². The van der Waals surface area contributed by atoms with Crippen molar-refractivity contribution >= 4 is 39.9 Å². The van der Waals surface area contributed by atoms with Gasteiger partial charge >= 0.3 is 11.9 Å². The number of allylic oxidation sites excluding steroid dienone is 3. The summed E-state index contributed by atoms with van der Waals surface area (Å²) < 4.78 is 0. The van der Waals surface area contributed by atoms with Gasteiger partial charge in [-0.05, 0) is 139 Å². The summed E-state index contributed by atoms with van der Waals surface area (Å²) in [6, 6.07) is 7.44. The molecule has 1 aromatic heterocycles. The quantitative estimate of drug-likeness (QED) is 0.261. The van der Waals surface area contributed by atoms with Crippen molar-refractivity contribution in [3.8, 4) is 0 Å². The predicted octanol–water partition coefficient (Wildman–Crippen LogP) is 9.83. The van der Waals surface area contributed by atoms with E-state index in [0.717, 1.165) is 68.3 Å². The van der Waals surface area contributed by atoms with Crippen LogP contribution in [-0.4, -0.2) is 33.0 Å². The second-order valence-corrected chi connectivity index (χ2v) is 18.6. The van der Waals surface area contributed by atoms with Gasteiger partial charge in [0.1, 0.15) is 4.88 Å². The van der Waals surface area contributed by atoms with Crippen LogP contribution in [0.1, 0.15) is 125 Å². The molecule has 262 valence electrons. The lowest BCUT2D eigenvalue weighted by Crippen LogP contribution is -2.66. The molecule has 49 heavy (non-hydrogen) atoms. The fourth-order valence-electron chi connectivity index (χ4n) is 13.1. The zero-order valence-electron chi connectivity index (χ0n) is 29.9. The number of nitrogens with one attached hydrogen (secondary N) is 1. The highest BCUT2D eigenvalue weighted by molar-refractivity contribution is 7.17. The maximum absolute atomic E-state index is 14.4. The Labute approximate surface area is 294 Å².